The van der Waals surface area contributed by atoms with E-state index in [0.29, 0.717) is 11.6 Å². The van der Waals surface area contributed by atoms with Crippen LogP contribution in [0.4, 0.5) is 0 Å². The average Bonchev–Trinajstić information content (AvgIpc) is 2.26. The van der Waals surface area contributed by atoms with Gasteiger partial charge in [-0.05, 0) is 24.1 Å². The lowest BCUT2D eigenvalue weighted by atomic mass is 10.2. The molecule has 3 heteroatoms. The maximum absolute atomic E-state index is 5.69. The zero-order valence-corrected chi connectivity index (χ0v) is 9.48. The molecule has 0 atom stereocenters. The molecule has 0 N–H and O–H groups in total. The van der Waals surface area contributed by atoms with E-state index in [4.69, 9.17) is 27.9 Å². The fraction of sp³-hybridized carbons (Fsp3) is 0.273. The highest BCUT2D eigenvalue weighted by Gasteiger charge is 1.96. The third-order valence-corrected chi connectivity index (χ3v) is 2.40. The second kappa shape index (κ2) is 5.94. The van der Waals surface area contributed by atoms with E-state index in [9.17, 15) is 0 Å². The molecule has 0 fully saturated rings. The topological polar surface area (TPSA) is 9.23 Å². The molecule has 0 aliphatic heterocycles. The standard InChI is InChI=1S/C11H12Cl2O/c1-2-9-4-3-5-11(6-9)14-8-10(13)7-12/h3-7H,2,8H2,1H3. The summed E-state index contributed by atoms with van der Waals surface area (Å²) in [4.78, 5) is 0. The quantitative estimate of drug-likeness (QED) is 0.762. The summed E-state index contributed by atoms with van der Waals surface area (Å²) in [5.74, 6) is 0.820. The number of rotatable bonds is 4. The highest BCUT2D eigenvalue weighted by Crippen LogP contribution is 2.15. The van der Waals surface area contributed by atoms with Crippen LogP contribution in [0, 0.1) is 0 Å². The van der Waals surface area contributed by atoms with Gasteiger partial charge in [0, 0.05) is 5.54 Å². The van der Waals surface area contributed by atoms with Gasteiger partial charge in [-0.2, -0.15) is 0 Å². The Balaban J connectivity index is 2.58. The first kappa shape index (κ1) is 11.4. The lowest BCUT2D eigenvalue weighted by molar-refractivity contribution is 0.359. The predicted octanol–water partition coefficient (Wildman–Crippen LogP) is 3.95. The summed E-state index contributed by atoms with van der Waals surface area (Å²) >= 11 is 11.1. The summed E-state index contributed by atoms with van der Waals surface area (Å²) in [5, 5.41) is 0.494. The Bertz CT molecular complexity index is 321. The highest BCUT2D eigenvalue weighted by molar-refractivity contribution is 6.36. The fourth-order valence-electron chi connectivity index (χ4n) is 1.04. The van der Waals surface area contributed by atoms with Crippen molar-refractivity contribution >= 4 is 23.2 Å². The summed E-state index contributed by atoms with van der Waals surface area (Å²) in [6, 6.07) is 7.92. The summed E-state index contributed by atoms with van der Waals surface area (Å²) in [6.45, 7) is 2.42. The Morgan fingerprint density at radius 3 is 2.93 bits per heavy atom. The van der Waals surface area contributed by atoms with Crippen molar-refractivity contribution in [2.24, 2.45) is 0 Å². The molecule has 0 amide bonds. The average molecular weight is 231 g/mol. The van der Waals surface area contributed by atoms with Crippen molar-refractivity contribution in [1.29, 1.82) is 0 Å². The summed E-state index contributed by atoms with van der Waals surface area (Å²) in [6.07, 6.45) is 0.996. The van der Waals surface area contributed by atoms with Gasteiger partial charge in [0.15, 0.2) is 0 Å². The molecule has 0 heterocycles. The van der Waals surface area contributed by atoms with Gasteiger partial charge in [0.1, 0.15) is 12.4 Å². The molecule has 0 radical (unpaired) electrons. The van der Waals surface area contributed by atoms with Crippen molar-refractivity contribution in [3.63, 3.8) is 0 Å². The Morgan fingerprint density at radius 2 is 2.29 bits per heavy atom. The van der Waals surface area contributed by atoms with Crippen molar-refractivity contribution in [3.05, 3.63) is 40.4 Å². The van der Waals surface area contributed by atoms with Gasteiger partial charge in [0.25, 0.3) is 0 Å². The molecule has 0 aromatic heterocycles. The van der Waals surface area contributed by atoms with E-state index in [2.05, 4.69) is 13.0 Å². The van der Waals surface area contributed by atoms with Gasteiger partial charge in [0.05, 0.1) is 5.03 Å². The number of benzene rings is 1. The van der Waals surface area contributed by atoms with Crippen LogP contribution in [0.25, 0.3) is 0 Å². The summed E-state index contributed by atoms with van der Waals surface area (Å²) in [5.41, 5.74) is 2.55. The molecule has 0 unspecified atom stereocenters. The third kappa shape index (κ3) is 3.60. The largest absolute Gasteiger partial charge is 0.488 e. The van der Waals surface area contributed by atoms with Gasteiger partial charge >= 0.3 is 0 Å². The van der Waals surface area contributed by atoms with Gasteiger partial charge < -0.3 is 4.74 Å². The lowest BCUT2D eigenvalue weighted by Gasteiger charge is -2.05. The summed E-state index contributed by atoms with van der Waals surface area (Å²) < 4.78 is 5.42. The Hall–Kier alpha value is -0.660. The maximum atomic E-state index is 5.69. The highest BCUT2D eigenvalue weighted by atomic mass is 35.5. The van der Waals surface area contributed by atoms with Crippen LogP contribution in [0.3, 0.4) is 0 Å². The first-order valence-electron chi connectivity index (χ1n) is 4.42. The number of halogens is 2. The van der Waals surface area contributed by atoms with Crippen LogP contribution in [-0.4, -0.2) is 6.61 Å². The zero-order valence-electron chi connectivity index (χ0n) is 7.97. The van der Waals surface area contributed by atoms with Crippen molar-refractivity contribution in [3.8, 4) is 5.75 Å². The molecule has 0 saturated carbocycles. The van der Waals surface area contributed by atoms with Crippen LogP contribution in [0.2, 0.25) is 0 Å². The minimum absolute atomic E-state index is 0.318. The van der Waals surface area contributed by atoms with E-state index < -0.39 is 0 Å². The molecule has 0 spiro atoms. The monoisotopic (exact) mass is 230 g/mol. The van der Waals surface area contributed by atoms with E-state index >= 15 is 0 Å². The summed E-state index contributed by atoms with van der Waals surface area (Å²) in [7, 11) is 0. The van der Waals surface area contributed by atoms with Crippen LogP contribution in [0.15, 0.2) is 34.8 Å². The number of hydrogen-bond acceptors (Lipinski definition) is 1. The molecule has 0 bridgehead atoms. The van der Waals surface area contributed by atoms with Crippen LogP contribution in [-0.2, 0) is 6.42 Å². The van der Waals surface area contributed by atoms with Gasteiger partial charge in [-0.15, -0.1) is 0 Å². The van der Waals surface area contributed by atoms with Crippen LogP contribution in [0.5, 0.6) is 5.75 Å². The molecule has 1 aromatic rings. The number of hydrogen-bond donors (Lipinski definition) is 0. The smallest absolute Gasteiger partial charge is 0.125 e. The van der Waals surface area contributed by atoms with E-state index in [-0.39, 0.29) is 0 Å². The second-order valence-electron chi connectivity index (χ2n) is 2.85. The van der Waals surface area contributed by atoms with Crippen molar-refractivity contribution < 1.29 is 4.74 Å². The Labute approximate surface area is 94.3 Å². The Kier molecular flexibility index (Phi) is 4.85. The van der Waals surface area contributed by atoms with E-state index in [0.717, 1.165) is 12.2 Å². The molecular weight excluding hydrogens is 219 g/mol. The molecule has 1 nitrogen and oxygen atoms in total. The molecule has 0 aliphatic rings. The number of aryl methyl sites for hydroxylation is 1. The predicted molar refractivity (Wildman–Crippen MR) is 61.1 cm³/mol. The second-order valence-corrected chi connectivity index (χ2v) is 3.55. The Morgan fingerprint density at radius 1 is 1.50 bits per heavy atom. The molecule has 14 heavy (non-hydrogen) atoms. The van der Waals surface area contributed by atoms with Gasteiger partial charge in [-0.3, -0.25) is 0 Å². The van der Waals surface area contributed by atoms with Gasteiger partial charge in [-0.25, -0.2) is 0 Å². The van der Waals surface area contributed by atoms with E-state index in [1.54, 1.807) is 0 Å². The fourth-order valence-corrected chi connectivity index (χ4v) is 1.16. The van der Waals surface area contributed by atoms with Crippen LogP contribution in [0.1, 0.15) is 12.5 Å². The van der Waals surface area contributed by atoms with Crippen LogP contribution >= 0.6 is 23.2 Å². The van der Waals surface area contributed by atoms with Crippen LogP contribution < -0.4 is 4.74 Å². The lowest BCUT2D eigenvalue weighted by Crippen LogP contribution is -1.97. The zero-order chi connectivity index (χ0) is 10.4. The normalized spacial score (nSPS) is 11.5. The molecule has 76 valence electrons. The molecular formula is C11H12Cl2O. The van der Waals surface area contributed by atoms with E-state index in [1.807, 2.05) is 18.2 Å². The minimum atomic E-state index is 0.318. The van der Waals surface area contributed by atoms with E-state index in [1.165, 1.54) is 11.1 Å². The van der Waals surface area contributed by atoms with Gasteiger partial charge in [0.2, 0.25) is 0 Å². The molecule has 1 aromatic carbocycles. The molecule has 1 rings (SSSR count). The van der Waals surface area contributed by atoms with Crippen molar-refractivity contribution in [2.75, 3.05) is 6.61 Å². The first-order chi connectivity index (χ1) is 6.76. The van der Waals surface area contributed by atoms with Crippen molar-refractivity contribution in [2.45, 2.75) is 13.3 Å². The third-order valence-electron chi connectivity index (χ3n) is 1.80. The van der Waals surface area contributed by atoms with Gasteiger partial charge in [-0.1, -0.05) is 42.3 Å². The SMILES string of the molecule is CCc1cccc(OCC(Cl)=CCl)c1. The molecule has 0 aliphatic carbocycles. The maximum Gasteiger partial charge on any atom is 0.125 e. The number of ether oxygens (including phenoxy) is 1. The van der Waals surface area contributed by atoms with Crippen molar-refractivity contribution in [1.82, 2.24) is 0 Å². The minimum Gasteiger partial charge on any atom is -0.488 e. The molecule has 0 saturated heterocycles. The first-order valence-corrected chi connectivity index (χ1v) is 5.24.